The Labute approximate surface area is 304 Å². The van der Waals surface area contributed by atoms with E-state index in [1.807, 2.05) is 48.5 Å². The number of para-hydroxylation sites is 1. The average Bonchev–Trinajstić information content (AvgIpc) is 3.79. The number of benzene rings is 8. The minimum atomic E-state index is 0.137. The van der Waals surface area contributed by atoms with Gasteiger partial charge in [-0.15, -0.1) is 0 Å². The predicted molar refractivity (Wildman–Crippen MR) is 216 cm³/mol. The van der Waals surface area contributed by atoms with Crippen LogP contribution >= 0.6 is 0 Å². The molecular weight excluding hydrogens is 701 g/mol. The Morgan fingerprint density at radius 2 is 0.942 bits per heavy atom. The second kappa shape index (κ2) is 11.6. The first-order valence-electron chi connectivity index (χ1n) is 17.3. The monoisotopic (exact) mass is 729 g/mol. The van der Waals surface area contributed by atoms with Gasteiger partial charge in [-0.3, -0.25) is 0 Å². The van der Waals surface area contributed by atoms with Crippen LogP contribution in [0.15, 0.2) is 168 Å². The van der Waals surface area contributed by atoms with Crippen LogP contribution in [0.4, 0.5) is 0 Å². The van der Waals surface area contributed by atoms with Gasteiger partial charge in [0.05, 0.1) is 0 Å². The number of hydrogen-bond donors (Lipinski definition) is 0. The van der Waals surface area contributed by atoms with Crippen molar-refractivity contribution >= 4 is 77.3 Å². The van der Waals surface area contributed by atoms with Gasteiger partial charge in [-0.2, -0.15) is 0 Å². The first kappa shape index (κ1) is 29.4. The van der Waals surface area contributed by atoms with Crippen LogP contribution in [0.3, 0.4) is 0 Å². The van der Waals surface area contributed by atoms with E-state index >= 15 is 0 Å². The Bertz CT molecular complexity index is 3180. The Kier molecular flexibility index (Phi) is 6.53. The number of fused-ring (bicyclic) bond motifs is 10. The van der Waals surface area contributed by atoms with E-state index in [9.17, 15) is 0 Å². The molecule has 0 fully saturated rings. The Balaban J connectivity index is 1.14. The van der Waals surface area contributed by atoms with E-state index in [1.54, 1.807) is 0 Å². The molecule has 0 amide bonds. The van der Waals surface area contributed by atoms with E-state index in [-0.39, 0.29) is 14.5 Å². The summed E-state index contributed by atoms with van der Waals surface area (Å²) < 4.78 is 9.03. The van der Waals surface area contributed by atoms with Crippen LogP contribution in [0.25, 0.3) is 108 Å². The topological polar surface area (TPSA) is 51.8 Å². The molecule has 242 valence electrons. The molecule has 0 atom stereocenters. The van der Waals surface area contributed by atoms with Crippen LogP contribution < -0.4 is 0 Å². The summed E-state index contributed by atoms with van der Waals surface area (Å²) in [6, 6.07) is 57.8. The molecule has 0 N–H and O–H groups in total. The summed E-state index contributed by atoms with van der Waals surface area (Å²) in [6.07, 6.45) is 0. The van der Waals surface area contributed by atoms with Gasteiger partial charge in [0.2, 0.25) is 0 Å². The zero-order valence-electron chi connectivity index (χ0n) is 27.7. The molecule has 0 radical (unpaired) electrons. The van der Waals surface area contributed by atoms with Crippen molar-refractivity contribution in [2.75, 3.05) is 0 Å². The third-order valence-electron chi connectivity index (χ3n) is 10.1. The molecule has 3 heterocycles. The fourth-order valence-corrected chi connectivity index (χ4v) is 10.5. The van der Waals surface area contributed by atoms with E-state index in [2.05, 4.69) is 115 Å². The summed E-state index contributed by atoms with van der Waals surface area (Å²) in [7, 11) is 0. The fraction of sp³-hybridized carbons (Fsp3) is 0. The second-order valence-corrected chi connectivity index (χ2v) is 15.3. The first-order valence-corrected chi connectivity index (χ1v) is 19.1. The van der Waals surface area contributed by atoms with Crippen LogP contribution in [0.5, 0.6) is 0 Å². The Morgan fingerprint density at radius 3 is 1.75 bits per heavy atom. The summed E-state index contributed by atoms with van der Waals surface area (Å²) in [5.41, 5.74) is 7.13. The maximum absolute atomic E-state index is 6.13. The zero-order valence-corrected chi connectivity index (χ0v) is 29.5. The van der Waals surface area contributed by atoms with E-state index in [4.69, 9.17) is 19.4 Å². The average molecular weight is 729 g/mol. The van der Waals surface area contributed by atoms with Crippen molar-refractivity contribution in [3.8, 4) is 45.3 Å². The van der Waals surface area contributed by atoms with Gasteiger partial charge >= 0.3 is 271 Å². The number of hydrogen-bond acceptors (Lipinski definition) is 4. The van der Waals surface area contributed by atoms with Gasteiger partial charge in [0.1, 0.15) is 5.58 Å². The Morgan fingerprint density at radius 1 is 0.365 bits per heavy atom. The van der Waals surface area contributed by atoms with Crippen LogP contribution in [-0.2, 0) is 0 Å². The molecule has 11 aromatic rings. The van der Waals surface area contributed by atoms with Gasteiger partial charge in [0, 0.05) is 0 Å². The standard InChI is InChI=1S/C47H27N3OSe/c1-3-10-28(11-4-1)34-15-9-16-36-37-24-22-30-20-18-29-19-21-32(26-38(29)42(30)44(37)52-43(34)36)46-48-45(31-12-5-2-6-13-31)49-47(50-46)33-23-25-41-39(27-33)35-14-7-8-17-40(35)51-41/h1-27H. The quantitative estimate of drug-likeness (QED) is 0.134. The molecule has 8 aromatic carbocycles. The third kappa shape index (κ3) is 4.64. The van der Waals surface area contributed by atoms with Crippen molar-refractivity contribution in [1.82, 2.24) is 15.0 Å². The van der Waals surface area contributed by atoms with Crippen molar-refractivity contribution in [3.05, 3.63) is 164 Å². The van der Waals surface area contributed by atoms with Crippen molar-refractivity contribution in [2.24, 2.45) is 0 Å². The summed E-state index contributed by atoms with van der Waals surface area (Å²) in [5, 5.41) is 9.80. The van der Waals surface area contributed by atoms with Crippen LogP contribution in [-0.4, -0.2) is 29.5 Å². The number of rotatable bonds is 4. The molecule has 0 spiro atoms. The molecule has 52 heavy (non-hydrogen) atoms. The van der Waals surface area contributed by atoms with Gasteiger partial charge < -0.3 is 4.42 Å². The molecule has 5 heteroatoms. The van der Waals surface area contributed by atoms with E-state index < -0.39 is 0 Å². The molecule has 11 rings (SSSR count). The molecule has 0 bridgehead atoms. The van der Waals surface area contributed by atoms with Crippen molar-refractivity contribution in [1.29, 1.82) is 0 Å². The summed E-state index contributed by atoms with van der Waals surface area (Å²) in [4.78, 5) is 15.3. The number of furan rings is 1. The zero-order chi connectivity index (χ0) is 34.2. The molecular formula is C47H27N3OSe. The molecule has 0 aliphatic rings. The van der Waals surface area contributed by atoms with E-state index in [0.717, 1.165) is 38.6 Å². The van der Waals surface area contributed by atoms with Crippen molar-refractivity contribution in [2.45, 2.75) is 0 Å². The maximum atomic E-state index is 6.13. The van der Waals surface area contributed by atoms with Gasteiger partial charge in [-0.1, -0.05) is 18.2 Å². The van der Waals surface area contributed by atoms with Crippen LogP contribution in [0.1, 0.15) is 0 Å². The van der Waals surface area contributed by atoms with Gasteiger partial charge in [0.25, 0.3) is 0 Å². The SMILES string of the molecule is c1ccc(-c2nc(-c3ccc4oc5ccccc5c4c3)nc(-c3ccc4ccc5ccc6c7cccc(-c8ccccc8)c7[se]c6c5c4c3)n2)cc1. The molecule has 0 unspecified atom stereocenters. The molecule has 3 aromatic heterocycles. The normalized spacial score (nSPS) is 11.8. The third-order valence-corrected chi connectivity index (χ3v) is 12.8. The van der Waals surface area contributed by atoms with Gasteiger partial charge in [-0.25, -0.2) is 0 Å². The number of nitrogens with zero attached hydrogens (tertiary/aromatic N) is 3. The summed E-state index contributed by atoms with van der Waals surface area (Å²) >= 11 is 0.137. The second-order valence-electron chi connectivity index (χ2n) is 13.2. The first-order chi connectivity index (χ1) is 25.7. The van der Waals surface area contributed by atoms with E-state index in [1.165, 1.54) is 52.0 Å². The summed E-state index contributed by atoms with van der Waals surface area (Å²) in [6.45, 7) is 0. The Hall–Kier alpha value is -6.39. The van der Waals surface area contributed by atoms with Crippen molar-refractivity contribution in [3.63, 3.8) is 0 Å². The van der Waals surface area contributed by atoms with Crippen LogP contribution in [0.2, 0.25) is 0 Å². The molecule has 4 nitrogen and oxygen atoms in total. The van der Waals surface area contributed by atoms with E-state index in [0.29, 0.717) is 17.5 Å². The van der Waals surface area contributed by atoms with Crippen molar-refractivity contribution < 1.29 is 4.42 Å². The molecule has 0 saturated carbocycles. The fourth-order valence-electron chi connectivity index (χ4n) is 7.59. The predicted octanol–water partition coefficient (Wildman–Crippen LogP) is 12.1. The summed E-state index contributed by atoms with van der Waals surface area (Å²) in [5.74, 6) is 1.92. The van der Waals surface area contributed by atoms with Gasteiger partial charge in [-0.05, 0) is 6.07 Å². The molecule has 0 saturated heterocycles. The molecule has 0 aliphatic heterocycles. The molecule has 0 aliphatic carbocycles. The number of aromatic nitrogens is 3. The van der Waals surface area contributed by atoms with Crippen LogP contribution in [0, 0.1) is 0 Å². The van der Waals surface area contributed by atoms with Gasteiger partial charge in [0.15, 0.2) is 0 Å². The minimum absolute atomic E-state index is 0.137.